The van der Waals surface area contributed by atoms with Gasteiger partial charge in [-0.2, -0.15) is 33.3 Å². The van der Waals surface area contributed by atoms with Gasteiger partial charge in [-0.05, 0) is 180 Å². The molecule has 6 heterocycles. The van der Waals surface area contributed by atoms with E-state index in [0.29, 0.717) is 86.1 Å². The summed E-state index contributed by atoms with van der Waals surface area (Å²) >= 11 is 4.19. The number of fused-ring (bicyclic) bond motifs is 3. The van der Waals surface area contributed by atoms with Crippen LogP contribution in [0.15, 0.2) is 245 Å². The van der Waals surface area contributed by atoms with E-state index in [9.17, 15) is 73.5 Å². The third-order valence-electron chi connectivity index (χ3n) is 18.0. The lowest BCUT2D eigenvalue weighted by Crippen LogP contribution is -2.44. The maximum atomic E-state index is 14.3. The second-order valence-electron chi connectivity index (χ2n) is 26.9. The molecule has 33 nitrogen and oxygen atoms in total. The second-order valence-corrected chi connectivity index (χ2v) is 35.1. The van der Waals surface area contributed by atoms with Gasteiger partial charge in [0.25, 0.3) is 0 Å². The highest BCUT2D eigenvalue weighted by Crippen LogP contribution is 2.34. The number of esters is 2. The molecule has 0 saturated carbocycles. The summed E-state index contributed by atoms with van der Waals surface area (Å²) in [6, 6.07) is 48.1. The Morgan fingerprint density at radius 2 is 0.744 bits per heavy atom. The van der Waals surface area contributed by atoms with Gasteiger partial charge in [0.1, 0.15) is 49.3 Å². The number of aromatic amines is 3. The van der Waals surface area contributed by atoms with Crippen LogP contribution in [0.25, 0.3) is 32.7 Å². The number of thiophene rings is 3. The van der Waals surface area contributed by atoms with Crippen LogP contribution in [0.1, 0.15) is 102 Å². The number of carbonyl (C=O) groups is 6. The van der Waals surface area contributed by atoms with Crippen molar-refractivity contribution in [2.75, 3.05) is 46.1 Å². The fourth-order valence-electron chi connectivity index (χ4n) is 12.3. The lowest BCUT2D eigenvalue weighted by atomic mass is 10.0. The number of unbranched alkanes of at least 4 members (excludes halogenated alkanes) is 1. The number of benzene rings is 6. The molecule has 0 aliphatic rings. The standard InChI is InChI=1S/C30H33N3O7S2.C29H31N3O7S2.C25H23N3O6S2.2CO2/c1-3-5-16-40-26-11-7-6-10-24(26)29(30(36)33(20-28(35)39-4-2)19-22-9-8-17-41-22)32-42(37,38)23-13-14-25-21(18-23)12-15-27(34)31-25;1-3-15-39-25-10-6-5-9-23(25)28(29(35)32(19-27(34)38-4-2)18-21-8-7-16-40-21)31-41(36,37)22-12-13-24-20(17-22)11-14-26(33)30-24;1-16-5-2-3-7-20(16)24(25(32)28(15-23(30)31)14-18-6-4-12-35-18)27-36(33,34)19-9-10-21-17(13-19)8-11-22(29)26-21;2*2-1-3/h6-15,17-18,29,32H,3-5,16,19-20H2,1-2H3,(H,31,34);5-14,16-17,28,31H,3-4,15,18-19H2,1-2H3,(H,30,33);2-13,24,27H,14-15H2,1H3,(H,26,29)(H,30,31);;/t29-;28-;24-;;/m110../s1. The number of nitrogens with one attached hydrogen (secondary N) is 6. The number of carboxylic acid groups (broad SMARTS) is 1. The van der Waals surface area contributed by atoms with Gasteiger partial charge >= 0.3 is 30.2 Å². The third kappa shape index (κ3) is 28.5. The molecule has 0 bridgehead atoms. The molecule has 0 aliphatic carbocycles. The van der Waals surface area contributed by atoms with Crippen molar-refractivity contribution in [3.8, 4) is 11.5 Å². The molecular weight excluding hydrogens is 1740 g/mol. The number of para-hydroxylation sites is 2. The van der Waals surface area contributed by atoms with Crippen molar-refractivity contribution in [1.82, 2.24) is 43.8 Å². The zero-order valence-electron chi connectivity index (χ0n) is 67.8. The van der Waals surface area contributed by atoms with Crippen LogP contribution in [0.2, 0.25) is 0 Å². The SMILES string of the molecule is CCCCOc1ccccc1[C@@H](NS(=O)(=O)c1ccc2[nH]c(=O)ccc2c1)C(=O)N(CC(=O)OCC)Cc1cccs1.CCCOc1ccccc1[C@@H](NS(=O)(=O)c1ccc2[nH]c(=O)ccc2c1)C(=O)N(CC(=O)OCC)Cc1cccs1.Cc1ccccc1[C@H](NS(=O)(=O)c1ccc2[nH]c(=O)ccc2c1)C(=O)N(CC(=O)O)Cc1cccs1.O=C=O.O=C=O. The summed E-state index contributed by atoms with van der Waals surface area (Å²) in [6.45, 7) is 8.90. The molecule has 3 amide bonds. The van der Waals surface area contributed by atoms with Crippen molar-refractivity contribution in [3.63, 3.8) is 0 Å². The second kappa shape index (κ2) is 47.6. The third-order valence-corrected chi connectivity index (χ3v) is 24.9. The van der Waals surface area contributed by atoms with Crippen molar-refractivity contribution in [2.24, 2.45) is 0 Å². The van der Waals surface area contributed by atoms with E-state index in [-0.39, 0.29) is 89.6 Å². The summed E-state index contributed by atoms with van der Waals surface area (Å²) in [4.78, 5) is 160. The van der Waals surface area contributed by atoms with Crippen LogP contribution in [0.4, 0.5) is 0 Å². The van der Waals surface area contributed by atoms with Crippen molar-refractivity contribution in [3.05, 3.63) is 284 Å². The van der Waals surface area contributed by atoms with Crippen LogP contribution in [-0.2, 0) is 107 Å². The molecule has 12 aromatic rings. The lowest BCUT2D eigenvalue weighted by molar-refractivity contribution is -0.193. The molecule has 0 unspecified atom stereocenters. The Labute approximate surface area is 729 Å². The Bertz CT molecular complexity index is 6320. The first-order valence-corrected chi connectivity index (χ1v) is 45.4. The number of hydrogen-bond donors (Lipinski definition) is 7. The molecule has 12 rings (SSSR count). The van der Waals surface area contributed by atoms with Gasteiger partial charge in [0.15, 0.2) is 0 Å². The van der Waals surface area contributed by atoms with Gasteiger partial charge in [0, 0.05) is 60.5 Å². The van der Waals surface area contributed by atoms with Crippen LogP contribution in [0.5, 0.6) is 11.5 Å². The Balaban J connectivity index is 0.000000225. The normalized spacial score (nSPS) is 11.8. The van der Waals surface area contributed by atoms with Crippen LogP contribution in [-0.4, -0.2) is 154 Å². The maximum absolute atomic E-state index is 14.3. The number of amides is 3. The molecule has 0 radical (unpaired) electrons. The minimum absolute atomic E-state index is 0.0241. The highest BCUT2D eigenvalue weighted by Gasteiger charge is 2.38. The fraction of sp³-hybridized carbons (Fsp3) is 0.244. The van der Waals surface area contributed by atoms with Crippen LogP contribution < -0.4 is 40.3 Å². The van der Waals surface area contributed by atoms with E-state index in [1.54, 1.807) is 106 Å². The number of ether oxygens (including phenoxy) is 4. The fourth-order valence-corrected chi connectivity index (χ4v) is 18.1. The summed E-state index contributed by atoms with van der Waals surface area (Å²) in [5, 5.41) is 16.5. The summed E-state index contributed by atoms with van der Waals surface area (Å²) in [5.41, 5.74) is 2.18. The Hall–Kier alpha value is -13.0. The van der Waals surface area contributed by atoms with Crippen molar-refractivity contribution >= 4 is 145 Å². The number of H-pyrrole nitrogens is 3. The number of aryl methyl sites for hydroxylation is 1. The van der Waals surface area contributed by atoms with E-state index in [1.807, 2.05) is 54.3 Å². The number of carboxylic acids is 1. The van der Waals surface area contributed by atoms with Gasteiger partial charge in [-0.15, -0.1) is 34.0 Å². The highest BCUT2D eigenvalue weighted by atomic mass is 32.2. The number of aromatic nitrogens is 3. The van der Waals surface area contributed by atoms with Gasteiger partial charge in [-0.25, -0.2) is 25.3 Å². The minimum atomic E-state index is -4.29. The molecule has 656 valence electrons. The number of nitrogens with zero attached hydrogens (tertiary/aromatic N) is 3. The molecule has 0 saturated heterocycles. The predicted molar refractivity (Wildman–Crippen MR) is 463 cm³/mol. The summed E-state index contributed by atoms with van der Waals surface area (Å²) in [5.74, 6) is -3.71. The number of hydrogen-bond acceptors (Lipinski definition) is 26. The van der Waals surface area contributed by atoms with Gasteiger partial charge in [-0.3, -0.25) is 43.2 Å². The van der Waals surface area contributed by atoms with E-state index in [2.05, 4.69) is 29.1 Å². The van der Waals surface area contributed by atoms with Crippen molar-refractivity contribution in [1.29, 1.82) is 0 Å². The first kappa shape index (κ1) is 97.4. The van der Waals surface area contributed by atoms with Crippen molar-refractivity contribution in [2.45, 2.75) is 106 Å². The van der Waals surface area contributed by atoms with Gasteiger partial charge < -0.3 is 53.7 Å². The van der Waals surface area contributed by atoms with E-state index in [4.69, 9.17) is 38.1 Å². The van der Waals surface area contributed by atoms with E-state index < -0.39 is 90.4 Å². The number of pyridine rings is 3. The topological polar surface area (TPSA) is 475 Å². The average molecular weight is 1820 g/mol. The molecular formula is C86H87N9O24S6. The quantitative estimate of drug-likeness (QED) is 0.0142. The summed E-state index contributed by atoms with van der Waals surface area (Å²) < 4.78 is 112. The smallest absolute Gasteiger partial charge is 0.373 e. The van der Waals surface area contributed by atoms with Gasteiger partial charge in [0.05, 0.1) is 60.7 Å². The molecule has 39 heteroatoms. The first-order chi connectivity index (χ1) is 59.9. The zero-order valence-corrected chi connectivity index (χ0v) is 72.7. The zero-order chi connectivity index (χ0) is 90.8. The maximum Gasteiger partial charge on any atom is 0.373 e. The number of carbonyl (C=O) groups excluding carboxylic acids is 9. The van der Waals surface area contributed by atoms with E-state index >= 15 is 0 Å². The molecule has 125 heavy (non-hydrogen) atoms. The van der Waals surface area contributed by atoms with Crippen molar-refractivity contribution < 1.29 is 97.3 Å². The van der Waals surface area contributed by atoms with Crippen LogP contribution in [0.3, 0.4) is 0 Å². The van der Waals surface area contributed by atoms with E-state index in [1.165, 1.54) is 135 Å². The molecule has 0 fully saturated rings. The first-order valence-electron chi connectivity index (χ1n) is 38.3. The Morgan fingerprint density at radius 1 is 0.416 bits per heavy atom. The molecule has 0 aliphatic heterocycles. The van der Waals surface area contributed by atoms with Gasteiger partial charge in [0.2, 0.25) is 64.5 Å². The number of sulfonamides is 3. The Morgan fingerprint density at radius 3 is 1.06 bits per heavy atom. The lowest BCUT2D eigenvalue weighted by Gasteiger charge is -2.28. The monoisotopic (exact) mass is 1820 g/mol. The highest BCUT2D eigenvalue weighted by molar-refractivity contribution is 7.90. The minimum Gasteiger partial charge on any atom is -0.493 e. The van der Waals surface area contributed by atoms with E-state index in [0.717, 1.165) is 32.4 Å². The predicted octanol–water partition coefficient (Wildman–Crippen LogP) is 10.2. The largest absolute Gasteiger partial charge is 0.493 e. The number of aliphatic carboxylic acids is 1. The van der Waals surface area contributed by atoms with Gasteiger partial charge in [-0.1, -0.05) is 99.1 Å². The molecule has 7 N–H and O–H groups in total. The Kier molecular flexibility index (Phi) is 37.1. The molecule has 3 atom stereocenters. The summed E-state index contributed by atoms with van der Waals surface area (Å²) in [6.07, 6.45) is 2.86. The molecule has 0 spiro atoms. The molecule has 6 aromatic heterocycles. The van der Waals surface area contributed by atoms with Crippen LogP contribution in [0, 0.1) is 6.92 Å². The summed E-state index contributed by atoms with van der Waals surface area (Å²) in [7, 11) is -12.8. The number of rotatable bonds is 36. The molecule has 6 aromatic carbocycles. The van der Waals surface area contributed by atoms with Crippen LogP contribution >= 0.6 is 34.0 Å². The average Bonchev–Trinajstić information content (AvgIpc) is 1.79.